The van der Waals surface area contributed by atoms with E-state index >= 15 is 0 Å². The monoisotopic (exact) mass is 392 g/mol. The first-order chi connectivity index (χ1) is 10.9. The van der Waals surface area contributed by atoms with Gasteiger partial charge in [-0.05, 0) is 45.8 Å². The number of likely N-dealkylation sites (N-methyl/N-ethyl adjacent to an activating group) is 1. The molecule has 0 bridgehead atoms. The smallest absolute Gasteiger partial charge is 0.232 e. The summed E-state index contributed by atoms with van der Waals surface area (Å²) >= 11 is 9.34. The van der Waals surface area contributed by atoms with Gasteiger partial charge in [-0.1, -0.05) is 29.8 Å². The third-order valence-electron chi connectivity index (χ3n) is 3.64. The zero-order valence-electron chi connectivity index (χ0n) is 13.0. The van der Waals surface area contributed by atoms with E-state index in [1.54, 1.807) is 31.3 Å². The quantitative estimate of drug-likeness (QED) is 0.693. The van der Waals surface area contributed by atoms with Crippen LogP contribution in [0.2, 0.25) is 5.02 Å². The molecule has 1 amide bonds. The van der Waals surface area contributed by atoms with Gasteiger partial charge in [0.2, 0.25) is 5.91 Å². The lowest BCUT2D eigenvalue weighted by atomic mass is 9.82. The molecule has 0 fully saturated rings. The van der Waals surface area contributed by atoms with Gasteiger partial charge in [0, 0.05) is 35.7 Å². The highest BCUT2D eigenvalue weighted by Gasteiger charge is 2.31. The van der Waals surface area contributed by atoms with Crippen molar-refractivity contribution >= 4 is 33.4 Å². The van der Waals surface area contributed by atoms with Crippen LogP contribution in [-0.4, -0.2) is 29.9 Å². The Morgan fingerprint density at radius 1 is 1.26 bits per heavy atom. The van der Waals surface area contributed by atoms with Gasteiger partial charge in [-0.15, -0.1) is 6.58 Å². The Kier molecular flexibility index (Phi) is 5.97. The minimum Gasteiger partial charge on any atom is -0.348 e. The summed E-state index contributed by atoms with van der Waals surface area (Å²) in [5, 5.41) is 0.661. The maximum atomic E-state index is 12.8. The fourth-order valence-corrected chi connectivity index (χ4v) is 2.82. The standard InChI is InChI=1S/C18H18BrClN2O/c1-4-15(12-5-8-14(20)9-6-12)17(18(23)22(2)3)16-10-7-13(19)11-21-16/h4-11,15,17H,1H2,2-3H3/t15-,17-/m1/s1. The summed E-state index contributed by atoms with van der Waals surface area (Å²) in [6.07, 6.45) is 3.49. The molecule has 0 radical (unpaired) electrons. The number of benzene rings is 1. The first-order valence-electron chi connectivity index (χ1n) is 7.14. The highest BCUT2D eigenvalue weighted by molar-refractivity contribution is 9.10. The summed E-state index contributed by atoms with van der Waals surface area (Å²) in [5.74, 6) is -0.632. The van der Waals surface area contributed by atoms with E-state index in [0.717, 1.165) is 10.0 Å². The number of hydrogen-bond acceptors (Lipinski definition) is 2. The van der Waals surface area contributed by atoms with Gasteiger partial charge in [-0.3, -0.25) is 9.78 Å². The van der Waals surface area contributed by atoms with Crippen LogP contribution in [-0.2, 0) is 4.79 Å². The summed E-state index contributed by atoms with van der Waals surface area (Å²) < 4.78 is 0.874. The maximum absolute atomic E-state index is 12.8. The summed E-state index contributed by atoms with van der Waals surface area (Å²) in [7, 11) is 3.49. The first-order valence-corrected chi connectivity index (χ1v) is 8.31. The number of aromatic nitrogens is 1. The van der Waals surface area contributed by atoms with Crippen LogP contribution in [0.15, 0.2) is 59.7 Å². The number of carbonyl (C=O) groups excluding carboxylic acids is 1. The molecule has 1 aromatic carbocycles. The van der Waals surface area contributed by atoms with Gasteiger partial charge in [0.15, 0.2) is 0 Å². The molecule has 23 heavy (non-hydrogen) atoms. The van der Waals surface area contributed by atoms with Gasteiger partial charge in [0.25, 0.3) is 0 Å². The van der Waals surface area contributed by atoms with Gasteiger partial charge >= 0.3 is 0 Å². The SMILES string of the molecule is C=C[C@H](c1ccc(Cl)cc1)[C@@H](C(=O)N(C)C)c1ccc(Br)cn1. The Labute approximate surface area is 150 Å². The van der Waals surface area contributed by atoms with Crippen molar-refractivity contribution in [2.45, 2.75) is 11.8 Å². The number of hydrogen-bond donors (Lipinski definition) is 0. The molecule has 1 heterocycles. The molecule has 2 aromatic rings. The Bertz CT molecular complexity index is 683. The third-order valence-corrected chi connectivity index (χ3v) is 4.36. The van der Waals surface area contributed by atoms with Crippen molar-refractivity contribution < 1.29 is 4.79 Å². The van der Waals surface area contributed by atoms with E-state index in [1.807, 2.05) is 36.4 Å². The summed E-state index contributed by atoms with van der Waals surface area (Å²) in [5.41, 5.74) is 1.70. The third kappa shape index (κ3) is 4.21. The second kappa shape index (κ2) is 7.75. The van der Waals surface area contributed by atoms with Crippen LogP contribution < -0.4 is 0 Å². The molecule has 0 saturated heterocycles. The fourth-order valence-electron chi connectivity index (χ4n) is 2.46. The number of rotatable bonds is 5. The number of allylic oxidation sites excluding steroid dienone is 1. The van der Waals surface area contributed by atoms with Gasteiger partial charge in [0.1, 0.15) is 0 Å². The van der Waals surface area contributed by atoms with Crippen molar-refractivity contribution in [1.29, 1.82) is 0 Å². The topological polar surface area (TPSA) is 33.2 Å². The molecule has 0 spiro atoms. The first kappa shape index (κ1) is 17.7. The maximum Gasteiger partial charge on any atom is 0.232 e. The minimum atomic E-state index is -0.434. The van der Waals surface area contributed by atoms with E-state index in [1.165, 1.54) is 0 Å². The average molecular weight is 394 g/mol. The van der Waals surface area contributed by atoms with E-state index in [0.29, 0.717) is 10.7 Å². The Morgan fingerprint density at radius 3 is 2.39 bits per heavy atom. The number of nitrogens with zero attached hydrogens (tertiary/aromatic N) is 2. The molecule has 0 saturated carbocycles. The highest BCUT2D eigenvalue weighted by atomic mass is 79.9. The van der Waals surface area contributed by atoms with Crippen LogP contribution in [0.4, 0.5) is 0 Å². The Morgan fingerprint density at radius 2 is 1.91 bits per heavy atom. The number of halogens is 2. The number of amides is 1. The van der Waals surface area contributed by atoms with E-state index < -0.39 is 5.92 Å². The van der Waals surface area contributed by atoms with Gasteiger partial charge < -0.3 is 4.90 Å². The molecule has 0 aliphatic carbocycles. The zero-order chi connectivity index (χ0) is 17.0. The molecule has 0 unspecified atom stereocenters. The van der Waals surface area contributed by atoms with Crippen LogP contribution in [0, 0.1) is 0 Å². The second-order valence-corrected chi connectivity index (χ2v) is 6.78. The van der Waals surface area contributed by atoms with Crippen molar-refractivity contribution in [1.82, 2.24) is 9.88 Å². The van der Waals surface area contributed by atoms with Crippen LogP contribution in [0.25, 0.3) is 0 Å². The molecule has 5 heteroatoms. The molecule has 0 aliphatic rings. The molecule has 2 rings (SSSR count). The molecule has 1 aromatic heterocycles. The van der Waals surface area contributed by atoms with E-state index in [4.69, 9.17) is 11.6 Å². The summed E-state index contributed by atoms with van der Waals surface area (Å²) in [4.78, 5) is 18.8. The van der Waals surface area contributed by atoms with Gasteiger partial charge in [0.05, 0.1) is 11.6 Å². The summed E-state index contributed by atoms with van der Waals surface area (Å²) in [6, 6.07) is 11.2. The van der Waals surface area contributed by atoms with Gasteiger partial charge in [-0.25, -0.2) is 0 Å². The van der Waals surface area contributed by atoms with E-state index in [2.05, 4.69) is 27.5 Å². The van der Waals surface area contributed by atoms with Crippen LogP contribution in [0.3, 0.4) is 0 Å². The molecule has 3 nitrogen and oxygen atoms in total. The van der Waals surface area contributed by atoms with Gasteiger partial charge in [-0.2, -0.15) is 0 Å². The molecule has 120 valence electrons. The highest BCUT2D eigenvalue weighted by Crippen LogP contribution is 2.35. The van der Waals surface area contributed by atoms with Crippen LogP contribution in [0.5, 0.6) is 0 Å². The average Bonchev–Trinajstić information content (AvgIpc) is 2.54. The lowest BCUT2D eigenvalue weighted by Gasteiger charge is -2.26. The lowest BCUT2D eigenvalue weighted by Crippen LogP contribution is -2.32. The van der Waals surface area contributed by atoms with Crippen molar-refractivity contribution in [2.75, 3.05) is 14.1 Å². The molecule has 0 aliphatic heterocycles. The second-order valence-electron chi connectivity index (χ2n) is 5.42. The predicted molar refractivity (Wildman–Crippen MR) is 97.8 cm³/mol. The van der Waals surface area contributed by atoms with E-state index in [-0.39, 0.29) is 11.8 Å². The molecule has 2 atom stereocenters. The molecular formula is C18H18BrClN2O. The predicted octanol–water partition coefficient (Wildman–Crippen LogP) is 4.64. The number of pyridine rings is 1. The van der Waals surface area contributed by atoms with Crippen molar-refractivity contribution in [3.8, 4) is 0 Å². The fraction of sp³-hybridized carbons (Fsp3) is 0.222. The van der Waals surface area contributed by atoms with Crippen molar-refractivity contribution in [3.05, 3.63) is 76.0 Å². The van der Waals surface area contributed by atoms with Crippen LogP contribution >= 0.6 is 27.5 Å². The van der Waals surface area contributed by atoms with Crippen LogP contribution in [0.1, 0.15) is 23.1 Å². The minimum absolute atomic E-state index is 0.0142. The van der Waals surface area contributed by atoms with Crippen molar-refractivity contribution in [3.63, 3.8) is 0 Å². The Hall–Kier alpha value is -1.65. The van der Waals surface area contributed by atoms with E-state index in [9.17, 15) is 4.79 Å². The number of carbonyl (C=O) groups is 1. The normalized spacial score (nSPS) is 13.2. The lowest BCUT2D eigenvalue weighted by molar-refractivity contribution is -0.130. The summed E-state index contributed by atoms with van der Waals surface area (Å²) in [6.45, 7) is 3.92. The van der Waals surface area contributed by atoms with Crippen molar-refractivity contribution in [2.24, 2.45) is 0 Å². The zero-order valence-corrected chi connectivity index (χ0v) is 15.4. The molecule has 0 N–H and O–H groups in total. The largest absolute Gasteiger partial charge is 0.348 e. The molecular weight excluding hydrogens is 376 g/mol. The Balaban J connectivity index is 2.50.